The molecule has 3 nitrogen and oxygen atoms in total. The van der Waals surface area contributed by atoms with Crippen LogP contribution in [0.2, 0.25) is 0 Å². The molecule has 2 unspecified atom stereocenters. The van der Waals surface area contributed by atoms with Gasteiger partial charge in [0.1, 0.15) is 0 Å². The molecule has 2 atom stereocenters. The van der Waals surface area contributed by atoms with E-state index in [2.05, 4.69) is 6.92 Å². The first kappa shape index (κ1) is 14.9. The van der Waals surface area contributed by atoms with E-state index in [1.54, 1.807) is 0 Å². The maximum Gasteiger partial charge on any atom is 0.00535 e. The number of rotatable bonds is 10. The Bertz CT molecular complexity index is 114. The summed E-state index contributed by atoms with van der Waals surface area (Å²) >= 11 is 0. The minimum absolute atomic E-state index is 0.271. The Kier molecular flexibility index (Phi) is 10.3. The van der Waals surface area contributed by atoms with Gasteiger partial charge < -0.3 is 17.2 Å². The number of hydrogen-bond donors (Lipinski definition) is 3. The van der Waals surface area contributed by atoms with Gasteiger partial charge in [0.05, 0.1) is 0 Å². The van der Waals surface area contributed by atoms with Gasteiger partial charge in [-0.1, -0.05) is 32.6 Å². The highest BCUT2D eigenvalue weighted by Crippen LogP contribution is 2.09. The van der Waals surface area contributed by atoms with E-state index in [1.165, 1.54) is 19.3 Å². The number of unbranched alkanes of at least 4 members (excludes halogenated alkanes) is 3. The van der Waals surface area contributed by atoms with Crippen LogP contribution in [-0.4, -0.2) is 18.6 Å². The van der Waals surface area contributed by atoms with Crippen molar-refractivity contribution < 1.29 is 0 Å². The predicted molar refractivity (Wildman–Crippen MR) is 67.6 cm³/mol. The summed E-state index contributed by atoms with van der Waals surface area (Å²) in [6.07, 6.45) is 9.17. The molecule has 0 aromatic heterocycles. The largest absolute Gasteiger partial charge is 0.330 e. The van der Waals surface area contributed by atoms with Crippen molar-refractivity contribution in [1.82, 2.24) is 0 Å². The zero-order valence-corrected chi connectivity index (χ0v) is 10.3. The predicted octanol–water partition coefficient (Wildman–Crippen LogP) is 1.74. The molecule has 15 heavy (non-hydrogen) atoms. The van der Waals surface area contributed by atoms with E-state index >= 15 is 0 Å². The van der Waals surface area contributed by atoms with Gasteiger partial charge in [-0.05, 0) is 32.2 Å². The van der Waals surface area contributed by atoms with Gasteiger partial charge in [-0.3, -0.25) is 0 Å². The van der Waals surface area contributed by atoms with Crippen molar-refractivity contribution >= 4 is 0 Å². The van der Waals surface area contributed by atoms with Crippen molar-refractivity contribution in [3.05, 3.63) is 0 Å². The van der Waals surface area contributed by atoms with Crippen LogP contribution < -0.4 is 17.2 Å². The molecule has 0 saturated carbocycles. The van der Waals surface area contributed by atoms with Crippen LogP contribution >= 0.6 is 0 Å². The van der Waals surface area contributed by atoms with Crippen LogP contribution in [0.3, 0.4) is 0 Å². The zero-order valence-electron chi connectivity index (χ0n) is 10.3. The molecule has 0 radical (unpaired) electrons. The molecular formula is C12H29N3. The fraction of sp³-hybridized carbons (Fsp3) is 1.00. The number of nitrogens with two attached hydrogens (primary N) is 3. The van der Waals surface area contributed by atoms with E-state index in [-0.39, 0.29) is 6.04 Å². The minimum atomic E-state index is 0.271. The van der Waals surface area contributed by atoms with Gasteiger partial charge in [-0.2, -0.15) is 0 Å². The second-order valence-corrected chi connectivity index (χ2v) is 4.54. The van der Waals surface area contributed by atoms with E-state index < -0.39 is 0 Å². The Labute approximate surface area is 94.8 Å². The van der Waals surface area contributed by atoms with Crippen molar-refractivity contribution in [3.63, 3.8) is 0 Å². The van der Waals surface area contributed by atoms with Crippen LogP contribution in [0.15, 0.2) is 0 Å². The van der Waals surface area contributed by atoms with Gasteiger partial charge >= 0.3 is 0 Å². The summed E-state index contributed by atoms with van der Waals surface area (Å²) < 4.78 is 0. The fourth-order valence-electron chi connectivity index (χ4n) is 1.83. The molecule has 0 aliphatic heterocycles. The molecule has 0 fully saturated rings. The topological polar surface area (TPSA) is 78.1 Å². The molecule has 3 heteroatoms. The Morgan fingerprint density at radius 1 is 0.867 bits per heavy atom. The maximum atomic E-state index is 6.01. The molecule has 92 valence electrons. The van der Waals surface area contributed by atoms with Crippen LogP contribution in [0.5, 0.6) is 0 Å². The Hall–Kier alpha value is -0.120. The van der Waals surface area contributed by atoms with E-state index in [4.69, 9.17) is 17.2 Å². The zero-order chi connectivity index (χ0) is 11.5. The van der Waals surface area contributed by atoms with Crippen LogP contribution in [0.25, 0.3) is 0 Å². The third-order valence-corrected chi connectivity index (χ3v) is 2.81. The van der Waals surface area contributed by atoms with Gasteiger partial charge in [0.15, 0.2) is 0 Å². The molecule has 0 aliphatic carbocycles. The first-order valence-corrected chi connectivity index (χ1v) is 6.42. The van der Waals surface area contributed by atoms with Gasteiger partial charge in [0.2, 0.25) is 0 Å². The van der Waals surface area contributed by atoms with Crippen molar-refractivity contribution in [1.29, 1.82) is 0 Å². The van der Waals surface area contributed by atoms with Crippen molar-refractivity contribution in [2.24, 2.45) is 17.2 Å². The molecule has 0 heterocycles. The molecule has 0 aliphatic rings. The van der Waals surface area contributed by atoms with E-state index in [1.807, 2.05) is 0 Å². The first-order chi connectivity index (χ1) is 7.20. The molecular weight excluding hydrogens is 186 g/mol. The standard InChI is InChI=1S/C12H29N3/c1-2-3-4-7-11(14)10-12(15)8-5-6-9-13/h11-12H,2-10,13-15H2,1H3. The van der Waals surface area contributed by atoms with E-state index in [0.717, 1.165) is 38.6 Å². The molecule has 0 bridgehead atoms. The summed E-state index contributed by atoms with van der Waals surface area (Å²) in [7, 11) is 0. The molecule has 0 rings (SSSR count). The lowest BCUT2D eigenvalue weighted by Crippen LogP contribution is -2.31. The summed E-state index contributed by atoms with van der Waals surface area (Å²) in [6.45, 7) is 2.99. The Morgan fingerprint density at radius 2 is 1.40 bits per heavy atom. The van der Waals surface area contributed by atoms with Crippen molar-refractivity contribution in [2.75, 3.05) is 6.54 Å². The third-order valence-electron chi connectivity index (χ3n) is 2.81. The lowest BCUT2D eigenvalue weighted by molar-refractivity contribution is 0.450. The van der Waals surface area contributed by atoms with Crippen LogP contribution in [-0.2, 0) is 0 Å². The van der Waals surface area contributed by atoms with Gasteiger partial charge in [0, 0.05) is 12.1 Å². The van der Waals surface area contributed by atoms with Gasteiger partial charge in [-0.25, -0.2) is 0 Å². The molecule has 0 aromatic rings. The second-order valence-electron chi connectivity index (χ2n) is 4.54. The highest BCUT2D eigenvalue weighted by molar-refractivity contribution is 4.70. The highest BCUT2D eigenvalue weighted by Gasteiger charge is 2.08. The smallest absolute Gasteiger partial charge is 0.00535 e. The van der Waals surface area contributed by atoms with E-state index in [0.29, 0.717) is 6.04 Å². The summed E-state index contributed by atoms with van der Waals surface area (Å²) in [5.41, 5.74) is 17.4. The number of hydrogen-bond acceptors (Lipinski definition) is 3. The molecule has 0 amide bonds. The summed E-state index contributed by atoms with van der Waals surface area (Å²) in [6, 6.07) is 0.567. The van der Waals surface area contributed by atoms with Gasteiger partial charge in [-0.15, -0.1) is 0 Å². The molecule has 0 saturated heterocycles. The first-order valence-electron chi connectivity index (χ1n) is 6.42. The monoisotopic (exact) mass is 215 g/mol. The normalized spacial score (nSPS) is 15.2. The summed E-state index contributed by atoms with van der Waals surface area (Å²) in [5, 5.41) is 0. The van der Waals surface area contributed by atoms with Crippen LogP contribution in [0.1, 0.15) is 58.3 Å². The summed E-state index contributed by atoms with van der Waals surface area (Å²) in [4.78, 5) is 0. The van der Waals surface area contributed by atoms with Crippen LogP contribution in [0, 0.1) is 0 Å². The minimum Gasteiger partial charge on any atom is -0.330 e. The van der Waals surface area contributed by atoms with E-state index in [9.17, 15) is 0 Å². The maximum absolute atomic E-state index is 6.01. The molecule has 0 aromatic carbocycles. The Morgan fingerprint density at radius 3 is 1.87 bits per heavy atom. The van der Waals surface area contributed by atoms with Crippen molar-refractivity contribution in [3.8, 4) is 0 Å². The third kappa shape index (κ3) is 10.2. The molecule has 6 N–H and O–H groups in total. The lowest BCUT2D eigenvalue weighted by Gasteiger charge is -2.17. The Balaban J connectivity index is 3.35. The van der Waals surface area contributed by atoms with Gasteiger partial charge in [0.25, 0.3) is 0 Å². The fourth-order valence-corrected chi connectivity index (χ4v) is 1.83. The summed E-state index contributed by atoms with van der Waals surface area (Å²) in [5.74, 6) is 0. The lowest BCUT2D eigenvalue weighted by atomic mass is 9.99. The average molecular weight is 215 g/mol. The van der Waals surface area contributed by atoms with Crippen molar-refractivity contribution in [2.45, 2.75) is 70.4 Å². The quantitative estimate of drug-likeness (QED) is 0.486. The van der Waals surface area contributed by atoms with Crippen LogP contribution in [0.4, 0.5) is 0 Å². The SMILES string of the molecule is CCCCCC(N)CC(N)CCCCN. The average Bonchev–Trinajstić information content (AvgIpc) is 2.18. The highest BCUT2D eigenvalue weighted by atomic mass is 14.7. The molecule has 0 spiro atoms. The second kappa shape index (κ2) is 10.4.